The standard InChI is InChI=1S/C23H16N2O3/c26-25(27)17-10-11-20-18(13-17)19(14-24-20)23(15-6-2-1-3-7-15)22-12-16-8-4-5-9-21(16)28-22/h1-14,23-24H. The molecule has 5 nitrogen and oxygen atoms in total. The molecular weight excluding hydrogens is 352 g/mol. The van der Waals surface area contributed by atoms with Gasteiger partial charge in [-0.3, -0.25) is 10.1 Å². The molecule has 0 bridgehead atoms. The molecule has 5 aromatic rings. The van der Waals surface area contributed by atoms with Gasteiger partial charge in [0.2, 0.25) is 0 Å². The number of nitro groups is 1. The number of aromatic amines is 1. The minimum Gasteiger partial charge on any atom is -0.460 e. The number of fused-ring (bicyclic) bond motifs is 2. The number of non-ortho nitro benzene ring substituents is 1. The van der Waals surface area contributed by atoms with Crippen molar-refractivity contribution in [2.75, 3.05) is 0 Å². The van der Waals surface area contributed by atoms with E-state index in [0.717, 1.165) is 38.8 Å². The van der Waals surface area contributed by atoms with Gasteiger partial charge in [-0.05, 0) is 29.3 Å². The largest absolute Gasteiger partial charge is 0.460 e. The Morgan fingerprint density at radius 2 is 1.71 bits per heavy atom. The fraction of sp³-hybridized carbons (Fsp3) is 0.0435. The molecule has 0 radical (unpaired) electrons. The summed E-state index contributed by atoms with van der Waals surface area (Å²) in [6.45, 7) is 0. The van der Waals surface area contributed by atoms with Gasteiger partial charge in [0.15, 0.2) is 0 Å². The molecule has 136 valence electrons. The molecule has 0 fully saturated rings. The van der Waals surface area contributed by atoms with E-state index in [2.05, 4.69) is 4.98 Å². The summed E-state index contributed by atoms with van der Waals surface area (Å²) in [6, 6.07) is 24.9. The normalized spacial score (nSPS) is 12.4. The first-order valence-electron chi connectivity index (χ1n) is 8.99. The third kappa shape index (κ3) is 2.65. The number of hydrogen-bond acceptors (Lipinski definition) is 3. The number of nitro benzene ring substituents is 1. The second-order valence-electron chi connectivity index (χ2n) is 6.76. The summed E-state index contributed by atoms with van der Waals surface area (Å²) in [5.41, 5.74) is 3.77. The monoisotopic (exact) mass is 368 g/mol. The zero-order chi connectivity index (χ0) is 19.1. The van der Waals surface area contributed by atoms with Crippen molar-refractivity contribution in [1.29, 1.82) is 0 Å². The Balaban J connectivity index is 1.76. The van der Waals surface area contributed by atoms with Crippen molar-refractivity contribution in [2.45, 2.75) is 5.92 Å². The lowest BCUT2D eigenvalue weighted by atomic mass is 9.88. The molecule has 2 aromatic heterocycles. The molecule has 3 aromatic carbocycles. The first-order chi connectivity index (χ1) is 13.7. The SMILES string of the molecule is O=[N+]([O-])c1ccc2[nH]cc(C(c3ccccc3)c3cc4ccccc4o3)c2c1. The van der Waals surface area contributed by atoms with Crippen molar-refractivity contribution in [2.24, 2.45) is 0 Å². The average molecular weight is 368 g/mol. The quantitative estimate of drug-likeness (QED) is 0.312. The van der Waals surface area contributed by atoms with Gasteiger partial charge in [-0.15, -0.1) is 0 Å². The summed E-state index contributed by atoms with van der Waals surface area (Å²) in [4.78, 5) is 14.2. The summed E-state index contributed by atoms with van der Waals surface area (Å²) in [6.07, 6.45) is 1.92. The Kier molecular flexibility index (Phi) is 3.72. The van der Waals surface area contributed by atoms with Gasteiger partial charge in [-0.25, -0.2) is 0 Å². The highest BCUT2D eigenvalue weighted by molar-refractivity contribution is 5.87. The molecular formula is C23H16N2O3. The van der Waals surface area contributed by atoms with Crippen LogP contribution in [0.2, 0.25) is 0 Å². The smallest absolute Gasteiger partial charge is 0.270 e. The number of aromatic nitrogens is 1. The molecule has 0 aliphatic carbocycles. The lowest BCUT2D eigenvalue weighted by molar-refractivity contribution is -0.384. The molecule has 0 saturated heterocycles. The van der Waals surface area contributed by atoms with Crippen LogP contribution in [0.4, 0.5) is 5.69 Å². The van der Waals surface area contributed by atoms with Crippen LogP contribution in [0.3, 0.4) is 0 Å². The predicted molar refractivity (Wildman–Crippen MR) is 109 cm³/mol. The molecule has 0 saturated carbocycles. The lowest BCUT2D eigenvalue weighted by Crippen LogP contribution is -2.01. The van der Waals surface area contributed by atoms with E-state index in [1.807, 2.05) is 66.9 Å². The molecule has 0 spiro atoms. The summed E-state index contributed by atoms with van der Waals surface area (Å²) >= 11 is 0. The Morgan fingerprint density at radius 1 is 0.929 bits per heavy atom. The number of rotatable bonds is 4. The van der Waals surface area contributed by atoms with E-state index in [0.29, 0.717) is 0 Å². The molecule has 2 heterocycles. The van der Waals surface area contributed by atoms with Crippen molar-refractivity contribution in [3.8, 4) is 0 Å². The molecule has 0 aliphatic heterocycles. The van der Waals surface area contributed by atoms with Crippen molar-refractivity contribution in [3.05, 3.63) is 112 Å². The van der Waals surface area contributed by atoms with Gasteiger partial charge < -0.3 is 9.40 Å². The summed E-state index contributed by atoms with van der Waals surface area (Å²) in [7, 11) is 0. The highest BCUT2D eigenvalue weighted by Crippen LogP contribution is 2.39. The topological polar surface area (TPSA) is 72.1 Å². The second-order valence-corrected chi connectivity index (χ2v) is 6.76. The van der Waals surface area contributed by atoms with Gasteiger partial charge in [-0.1, -0.05) is 48.5 Å². The fourth-order valence-corrected chi connectivity index (χ4v) is 3.77. The third-order valence-electron chi connectivity index (χ3n) is 5.08. The fourth-order valence-electron chi connectivity index (χ4n) is 3.77. The Bertz CT molecular complexity index is 1270. The number of nitrogens with one attached hydrogen (secondary N) is 1. The van der Waals surface area contributed by atoms with Gasteiger partial charge in [0.25, 0.3) is 5.69 Å². The number of furan rings is 1. The zero-order valence-corrected chi connectivity index (χ0v) is 14.8. The maximum Gasteiger partial charge on any atom is 0.270 e. The van der Waals surface area contributed by atoms with Crippen LogP contribution in [0.1, 0.15) is 22.8 Å². The number of para-hydroxylation sites is 1. The van der Waals surface area contributed by atoms with Crippen LogP contribution >= 0.6 is 0 Å². The van der Waals surface area contributed by atoms with E-state index in [4.69, 9.17) is 4.42 Å². The summed E-state index contributed by atoms with van der Waals surface area (Å²) in [5, 5.41) is 13.1. The van der Waals surface area contributed by atoms with Gasteiger partial charge in [0, 0.05) is 34.6 Å². The molecule has 5 rings (SSSR count). The summed E-state index contributed by atoms with van der Waals surface area (Å²) < 4.78 is 6.19. The van der Waals surface area contributed by atoms with Crippen LogP contribution in [-0.2, 0) is 0 Å². The number of H-pyrrole nitrogens is 1. The van der Waals surface area contributed by atoms with Crippen LogP contribution in [0.15, 0.2) is 89.5 Å². The van der Waals surface area contributed by atoms with Gasteiger partial charge in [0.1, 0.15) is 11.3 Å². The van der Waals surface area contributed by atoms with Crippen LogP contribution < -0.4 is 0 Å². The number of benzene rings is 3. The molecule has 0 amide bonds. The van der Waals surface area contributed by atoms with Crippen LogP contribution in [0.25, 0.3) is 21.9 Å². The molecule has 0 aliphatic rings. The molecule has 5 heteroatoms. The van der Waals surface area contributed by atoms with Crippen molar-refractivity contribution >= 4 is 27.6 Å². The van der Waals surface area contributed by atoms with Gasteiger partial charge in [-0.2, -0.15) is 0 Å². The van der Waals surface area contributed by atoms with Crippen molar-refractivity contribution < 1.29 is 9.34 Å². The van der Waals surface area contributed by atoms with Gasteiger partial charge >= 0.3 is 0 Å². The van der Waals surface area contributed by atoms with Crippen LogP contribution in [-0.4, -0.2) is 9.91 Å². The number of nitrogens with zero attached hydrogens (tertiary/aromatic N) is 1. The predicted octanol–water partition coefficient (Wildman–Crippen LogP) is 6.00. The molecule has 28 heavy (non-hydrogen) atoms. The summed E-state index contributed by atoms with van der Waals surface area (Å²) in [5.74, 6) is 0.629. The highest BCUT2D eigenvalue weighted by Gasteiger charge is 2.24. The average Bonchev–Trinajstić information content (AvgIpc) is 3.33. The van der Waals surface area contributed by atoms with E-state index in [9.17, 15) is 10.1 Å². The van der Waals surface area contributed by atoms with Crippen LogP contribution in [0.5, 0.6) is 0 Å². The van der Waals surface area contributed by atoms with Gasteiger partial charge in [0.05, 0.1) is 10.8 Å². The Hall–Kier alpha value is -3.86. The highest BCUT2D eigenvalue weighted by atomic mass is 16.6. The molecule has 1 unspecified atom stereocenters. The van der Waals surface area contributed by atoms with E-state index in [1.165, 1.54) is 6.07 Å². The van der Waals surface area contributed by atoms with E-state index in [-0.39, 0.29) is 16.5 Å². The maximum atomic E-state index is 11.3. The van der Waals surface area contributed by atoms with Crippen molar-refractivity contribution in [3.63, 3.8) is 0 Å². The minimum atomic E-state index is -0.366. The second kappa shape index (κ2) is 6.39. The Morgan fingerprint density at radius 3 is 2.50 bits per heavy atom. The van der Waals surface area contributed by atoms with E-state index >= 15 is 0 Å². The minimum absolute atomic E-state index is 0.0739. The van der Waals surface area contributed by atoms with E-state index in [1.54, 1.807) is 12.1 Å². The van der Waals surface area contributed by atoms with Crippen molar-refractivity contribution in [1.82, 2.24) is 4.98 Å². The third-order valence-corrected chi connectivity index (χ3v) is 5.08. The molecule has 1 N–H and O–H groups in total. The lowest BCUT2D eigenvalue weighted by Gasteiger charge is -2.15. The maximum absolute atomic E-state index is 11.3. The first-order valence-corrected chi connectivity index (χ1v) is 8.99. The molecule has 1 atom stereocenters. The Labute approximate surface area is 160 Å². The first kappa shape index (κ1) is 16.3. The van der Waals surface area contributed by atoms with Crippen LogP contribution in [0, 0.1) is 10.1 Å². The van der Waals surface area contributed by atoms with E-state index < -0.39 is 0 Å². The number of hydrogen-bond donors (Lipinski definition) is 1. The zero-order valence-electron chi connectivity index (χ0n) is 14.8.